The van der Waals surface area contributed by atoms with Crippen LogP contribution in [-0.4, -0.2) is 59.0 Å². The molecular formula is C19H29N3O3. The Morgan fingerprint density at radius 2 is 1.84 bits per heavy atom. The quantitative estimate of drug-likeness (QED) is 0.845. The maximum absolute atomic E-state index is 12.3. The van der Waals surface area contributed by atoms with Gasteiger partial charge in [-0.3, -0.25) is 0 Å². The number of nitrogens with zero attached hydrogens (tertiary/aromatic N) is 3. The van der Waals surface area contributed by atoms with Crippen molar-refractivity contribution in [2.24, 2.45) is 0 Å². The molecule has 25 heavy (non-hydrogen) atoms. The van der Waals surface area contributed by atoms with Gasteiger partial charge < -0.3 is 19.6 Å². The molecule has 2 aliphatic rings. The SMILES string of the molecule is CC(C)(C)OC(=O)N1CCc2ccc(N3CCC(O)CC3)nc2CC1. The van der Waals surface area contributed by atoms with Gasteiger partial charge in [0.05, 0.1) is 6.10 Å². The average Bonchev–Trinajstić information content (AvgIpc) is 2.76. The van der Waals surface area contributed by atoms with Gasteiger partial charge >= 0.3 is 6.09 Å². The van der Waals surface area contributed by atoms with Crippen LogP contribution in [0.3, 0.4) is 0 Å². The number of aliphatic hydroxyl groups excluding tert-OH is 1. The van der Waals surface area contributed by atoms with Gasteiger partial charge in [-0.15, -0.1) is 0 Å². The minimum absolute atomic E-state index is 0.181. The number of fused-ring (bicyclic) bond motifs is 1. The molecule has 0 aromatic carbocycles. The van der Waals surface area contributed by atoms with Gasteiger partial charge in [0.2, 0.25) is 0 Å². The van der Waals surface area contributed by atoms with Crippen LogP contribution in [0.2, 0.25) is 0 Å². The first-order valence-corrected chi connectivity index (χ1v) is 9.21. The summed E-state index contributed by atoms with van der Waals surface area (Å²) in [6, 6.07) is 4.21. The molecule has 0 bridgehead atoms. The minimum atomic E-state index is -0.472. The summed E-state index contributed by atoms with van der Waals surface area (Å²) < 4.78 is 5.50. The number of pyridine rings is 1. The summed E-state index contributed by atoms with van der Waals surface area (Å²) in [5.41, 5.74) is 1.82. The summed E-state index contributed by atoms with van der Waals surface area (Å²) in [4.78, 5) is 21.2. The molecule has 1 fully saturated rings. The second kappa shape index (κ2) is 7.20. The zero-order valence-electron chi connectivity index (χ0n) is 15.5. The highest BCUT2D eigenvalue weighted by atomic mass is 16.6. The Morgan fingerprint density at radius 1 is 1.16 bits per heavy atom. The van der Waals surface area contributed by atoms with Crippen molar-refractivity contribution >= 4 is 11.9 Å². The Hall–Kier alpha value is -1.82. The van der Waals surface area contributed by atoms with Crippen molar-refractivity contribution in [2.45, 2.75) is 58.2 Å². The predicted molar refractivity (Wildman–Crippen MR) is 96.9 cm³/mol. The van der Waals surface area contributed by atoms with Crippen molar-refractivity contribution in [2.75, 3.05) is 31.1 Å². The Balaban J connectivity index is 1.67. The third-order valence-electron chi connectivity index (χ3n) is 4.76. The van der Waals surface area contributed by atoms with E-state index in [1.807, 2.05) is 20.8 Å². The molecule has 0 spiro atoms. The highest BCUT2D eigenvalue weighted by molar-refractivity contribution is 5.68. The first kappa shape index (κ1) is 18.0. The summed E-state index contributed by atoms with van der Waals surface area (Å²) in [5.74, 6) is 0.983. The summed E-state index contributed by atoms with van der Waals surface area (Å²) in [7, 11) is 0. The van der Waals surface area contributed by atoms with Crippen LogP contribution in [0, 0.1) is 0 Å². The number of carbonyl (C=O) groups excluding carboxylic acids is 1. The van der Waals surface area contributed by atoms with Crippen molar-refractivity contribution in [1.29, 1.82) is 0 Å². The number of rotatable bonds is 1. The molecule has 138 valence electrons. The largest absolute Gasteiger partial charge is 0.444 e. The van der Waals surface area contributed by atoms with E-state index in [-0.39, 0.29) is 12.2 Å². The fourth-order valence-electron chi connectivity index (χ4n) is 3.35. The molecule has 6 heteroatoms. The fourth-order valence-corrected chi connectivity index (χ4v) is 3.35. The number of amides is 1. The molecule has 1 aromatic heterocycles. The van der Waals surface area contributed by atoms with Gasteiger partial charge in [-0.2, -0.15) is 0 Å². The van der Waals surface area contributed by atoms with Crippen molar-refractivity contribution in [3.05, 3.63) is 23.4 Å². The van der Waals surface area contributed by atoms with E-state index in [4.69, 9.17) is 9.72 Å². The number of anilines is 1. The molecule has 0 atom stereocenters. The van der Waals surface area contributed by atoms with Crippen LogP contribution in [0.4, 0.5) is 10.6 Å². The van der Waals surface area contributed by atoms with E-state index in [1.165, 1.54) is 5.56 Å². The maximum atomic E-state index is 12.3. The van der Waals surface area contributed by atoms with Gasteiger partial charge in [0.1, 0.15) is 11.4 Å². The van der Waals surface area contributed by atoms with E-state index in [0.717, 1.165) is 50.3 Å². The van der Waals surface area contributed by atoms with Crippen LogP contribution < -0.4 is 4.90 Å². The zero-order chi connectivity index (χ0) is 18.0. The Kier molecular flexibility index (Phi) is 5.18. The third kappa shape index (κ3) is 4.63. The highest BCUT2D eigenvalue weighted by Gasteiger charge is 2.25. The van der Waals surface area contributed by atoms with E-state index in [2.05, 4.69) is 17.0 Å². The van der Waals surface area contributed by atoms with E-state index in [0.29, 0.717) is 13.1 Å². The van der Waals surface area contributed by atoms with Crippen LogP contribution in [0.25, 0.3) is 0 Å². The van der Waals surface area contributed by atoms with E-state index < -0.39 is 5.60 Å². The predicted octanol–water partition coefficient (Wildman–Crippen LogP) is 2.38. The van der Waals surface area contributed by atoms with Crippen molar-refractivity contribution in [3.8, 4) is 0 Å². The van der Waals surface area contributed by atoms with Gasteiger partial charge in [0, 0.05) is 38.3 Å². The number of piperidine rings is 1. The van der Waals surface area contributed by atoms with Gasteiger partial charge in [-0.05, 0) is 51.7 Å². The monoisotopic (exact) mass is 347 g/mol. The fraction of sp³-hybridized carbons (Fsp3) is 0.684. The van der Waals surface area contributed by atoms with Crippen LogP contribution in [0.5, 0.6) is 0 Å². The topological polar surface area (TPSA) is 65.9 Å². The second-order valence-corrected chi connectivity index (χ2v) is 7.96. The lowest BCUT2D eigenvalue weighted by Gasteiger charge is -2.31. The Labute approximate surface area is 149 Å². The van der Waals surface area contributed by atoms with Gasteiger partial charge in [0.15, 0.2) is 0 Å². The third-order valence-corrected chi connectivity index (χ3v) is 4.76. The number of hydrogen-bond donors (Lipinski definition) is 1. The van der Waals surface area contributed by atoms with Gasteiger partial charge in [-0.25, -0.2) is 9.78 Å². The van der Waals surface area contributed by atoms with Gasteiger partial charge in [0.25, 0.3) is 0 Å². The lowest BCUT2D eigenvalue weighted by molar-refractivity contribution is 0.0258. The Morgan fingerprint density at radius 3 is 2.52 bits per heavy atom. The smallest absolute Gasteiger partial charge is 0.410 e. The van der Waals surface area contributed by atoms with Crippen molar-refractivity contribution in [3.63, 3.8) is 0 Å². The standard InChI is InChI=1S/C19H29N3O3/c1-19(2,3)25-18(24)22-10-6-14-4-5-17(20-16(14)9-13-22)21-11-7-15(23)8-12-21/h4-5,15,23H,6-13H2,1-3H3. The molecule has 0 saturated carbocycles. The molecule has 6 nitrogen and oxygen atoms in total. The molecule has 0 aliphatic carbocycles. The molecule has 2 aliphatic heterocycles. The lowest BCUT2D eigenvalue weighted by atomic mass is 10.1. The molecule has 1 aromatic rings. The lowest BCUT2D eigenvalue weighted by Crippen LogP contribution is -2.38. The first-order chi connectivity index (χ1) is 11.8. The van der Waals surface area contributed by atoms with E-state index >= 15 is 0 Å². The average molecular weight is 347 g/mol. The van der Waals surface area contributed by atoms with Crippen molar-refractivity contribution in [1.82, 2.24) is 9.88 Å². The number of aliphatic hydroxyl groups is 1. The number of carbonyl (C=O) groups is 1. The molecule has 1 N–H and O–H groups in total. The van der Waals surface area contributed by atoms with E-state index in [9.17, 15) is 9.90 Å². The first-order valence-electron chi connectivity index (χ1n) is 9.21. The summed E-state index contributed by atoms with van der Waals surface area (Å²) in [5, 5.41) is 9.67. The molecular weight excluding hydrogens is 318 g/mol. The summed E-state index contributed by atoms with van der Waals surface area (Å²) in [6.07, 6.45) is 2.72. The minimum Gasteiger partial charge on any atom is -0.444 e. The van der Waals surface area contributed by atoms with Crippen LogP contribution in [0.1, 0.15) is 44.9 Å². The second-order valence-electron chi connectivity index (χ2n) is 7.96. The maximum Gasteiger partial charge on any atom is 0.410 e. The number of aromatic nitrogens is 1. The molecule has 3 heterocycles. The molecule has 0 unspecified atom stereocenters. The molecule has 0 radical (unpaired) electrons. The van der Waals surface area contributed by atoms with Crippen LogP contribution in [0.15, 0.2) is 12.1 Å². The number of hydrogen-bond acceptors (Lipinski definition) is 5. The summed E-state index contributed by atoms with van der Waals surface area (Å²) in [6.45, 7) is 8.66. The van der Waals surface area contributed by atoms with E-state index in [1.54, 1.807) is 4.90 Å². The molecule has 1 amide bonds. The van der Waals surface area contributed by atoms with Crippen molar-refractivity contribution < 1.29 is 14.6 Å². The zero-order valence-corrected chi connectivity index (χ0v) is 15.5. The van der Waals surface area contributed by atoms with Gasteiger partial charge in [-0.1, -0.05) is 6.07 Å². The summed E-state index contributed by atoms with van der Waals surface area (Å²) >= 11 is 0. The number of ether oxygens (including phenoxy) is 1. The normalized spacial score (nSPS) is 19.4. The van der Waals surface area contributed by atoms with Crippen LogP contribution >= 0.6 is 0 Å². The molecule has 3 rings (SSSR count). The Bertz CT molecular complexity index is 619. The molecule has 1 saturated heterocycles. The highest BCUT2D eigenvalue weighted by Crippen LogP contribution is 2.23. The van der Waals surface area contributed by atoms with Crippen LogP contribution in [-0.2, 0) is 17.6 Å².